The van der Waals surface area contributed by atoms with E-state index in [1.54, 1.807) is 11.8 Å². The van der Waals surface area contributed by atoms with Crippen LogP contribution in [-0.2, 0) is 14.3 Å². The second-order valence-corrected chi connectivity index (χ2v) is 9.68. The molecule has 1 saturated carbocycles. The van der Waals surface area contributed by atoms with Crippen LogP contribution in [0, 0.1) is 17.3 Å². The van der Waals surface area contributed by atoms with E-state index in [0.29, 0.717) is 25.9 Å². The third-order valence-corrected chi connectivity index (χ3v) is 7.39. The number of aliphatic carboxylic acids is 1. The molecule has 2 aromatic carbocycles. The van der Waals surface area contributed by atoms with Gasteiger partial charge in [0.2, 0.25) is 5.91 Å². The number of nitrogens with zero attached hydrogens (tertiary/aromatic N) is 1. The van der Waals surface area contributed by atoms with Gasteiger partial charge in [0.15, 0.2) is 0 Å². The van der Waals surface area contributed by atoms with Gasteiger partial charge < -0.3 is 20.1 Å². The molecule has 0 aromatic heterocycles. The van der Waals surface area contributed by atoms with Crippen LogP contribution in [0.15, 0.2) is 48.5 Å². The molecule has 0 radical (unpaired) electrons. The first-order valence-electron chi connectivity index (χ1n) is 11.5. The highest BCUT2D eigenvalue weighted by Gasteiger charge is 2.49. The van der Waals surface area contributed by atoms with E-state index in [4.69, 9.17) is 4.74 Å². The summed E-state index contributed by atoms with van der Waals surface area (Å²) in [6.07, 6.45) is 0.710. The first-order valence-corrected chi connectivity index (χ1v) is 11.5. The Bertz CT molecular complexity index is 1070. The van der Waals surface area contributed by atoms with E-state index in [9.17, 15) is 19.5 Å². The summed E-state index contributed by atoms with van der Waals surface area (Å²) >= 11 is 0. The molecule has 172 valence electrons. The Morgan fingerprint density at radius 3 is 2.33 bits per heavy atom. The van der Waals surface area contributed by atoms with Crippen molar-refractivity contribution in [3.05, 3.63) is 59.7 Å². The lowest BCUT2D eigenvalue weighted by atomic mass is 9.90. The van der Waals surface area contributed by atoms with Crippen LogP contribution in [0.4, 0.5) is 4.79 Å². The minimum atomic E-state index is -0.862. The highest BCUT2D eigenvalue weighted by Crippen LogP contribution is 2.45. The van der Waals surface area contributed by atoms with Gasteiger partial charge in [-0.05, 0) is 47.9 Å². The largest absolute Gasteiger partial charge is 0.481 e. The lowest BCUT2D eigenvalue weighted by Gasteiger charge is -2.20. The van der Waals surface area contributed by atoms with Crippen molar-refractivity contribution in [3.8, 4) is 11.1 Å². The molecule has 1 unspecified atom stereocenters. The number of rotatable bonds is 6. The van der Waals surface area contributed by atoms with Crippen LogP contribution < -0.4 is 5.32 Å². The highest BCUT2D eigenvalue weighted by molar-refractivity contribution is 5.84. The zero-order chi connectivity index (χ0) is 23.2. The van der Waals surface area contributed by atoms with Crippen LogP contribution in [0.1, 0.15) is 36.8 Å². The molecule has 7 nitrogen and oxygen atoms in total. The number of ether oxygens (including phenoxy) is 1. The summed E-state index contributed by atoms with van der Waals surface area (Å²) in [5.74, 6) is -0.914. The predicted octanol–water partition coefficient (Wildman–Crippen LogP) is 3.48. The molecule has 2 N–H and O–H groups in total. The monoisotopic (exact) mass is 448 g/mol. The SMILES string of the molecule is CC1(C(=O)O)CCN(C(=O)[C@H]2C[C@H]2CNC(=O)OCC2c3ccccc3-c3ccccc32)C1. The number of fused-ring (bicyclic) bond motifs is 3. The number of nitrogens with one attached hydrogen (secondary N) is 1. The van der Waals surface area contributed by atoms with Crippen molar-refractivity contribution < 1.29 is 24.2 Å². The Balaban J connectivity index is 1.11. The molecule has 1 saturated heterocycles. The fourth-order valence-electron chi connectivity index (χ4n) is 5.20. The Labute approximate surface area is 192 Å². The van der Waals surface area contributed by atoms with Gasteiger partial charge in [-0.2, -0.15) is 0 Å². The van der Waals surface area contributed by atoms with Crippen LogP contribution in [0.5, 0.6) is 0 Å². The molecule has 3 atom stereocenters. The summed E-state index contributed by atoms with van der Waals surface area (Å²) in [5, 5.41) is 12.2. The molecule has 1 aliphatic heterocycles. The number of benzene rings is 2. The maximum atomic E-state index is 12.7. The van der Waals surface area contributed by atoms with Crippen molar-refractivity contribution >= 4 is 18.0 Å². The number of amides is 2. The third kappa shape index (κ3) is 3.96. The number of likely N-dealkylation sites (tertiary alicyclic amines) is 1. The van der Waals surface area contributed by atoms with Gasteiger partial charge in [0.25, 0.3) is 0 Å². The lowest BCUT2D eigenvalue weighted by Crippen LogP contribution is -2.36. The second-order valence-electron chi connectivity index (χ2n) is 9.68. The quantitative estimate of drug-likeness (QED) is 0.705. The average Bonchev–Trinajstić information content (AvgIpc) is 3.37. The van der Waals surface area contributed by atoms with Crippen molar-refractivity contribution in [1.82, 2.24) is 10.2 Å². The van der Waals surface area contributed by atoms with Crippen molar-refractivity contribution in [1.29, 1.82) is 0 Å². The molecular weight excluding hydrogens is 420 g/mol. The number of carbonyl (C=O) groups is 3. The molecule has 0 bridgehead atoms. The smallest absolute Gasteiger partial charge is 0.407 e. The summed E-state index contributed by atoms with van der Waals surface area (Å²) in [5.41, 5.74) is 3.83. The minimum Gasteiger partial charge on any atom is -0.481 e. The number of hydrogen-bond acceptors (Lipinski definition) is 4. The maximum Gasteiger partial charge on any atom is 0.407 e. The average molecular weight is 449 g/mol. The first-order chi connectivity index (χ1) is 15.9. The van der Waals surface area contributed by atoms with Gasteiger partial charge in [-0.1, -0.05) is 48.5 Å². The fourth-order valence-corrected chi connectivity index (χ4v) is 5.20. The molecule has 0 spiro atoms. The molecule has 7 heteroatoms. The van der Waals surface area contributed by atoms with Gasteiger partial charge in [0, 0.05) is 31.5 Å². The molecule has 2 aromatic rings. The van der Waals surface area contributed by atoms with E-state index in [2.05, 4.69) is 29.6 Å². The van der Waals surface area contributed by atoms with Crippen molar-refractivity contribution in [2.45, 2.75) is 25.7 Å². The standard InChI is InChI=1S/C26H28N2O5/c1-26(24(30)31)10-11-28(15-26)23(29)21-12-16(21)13-27-25(32)33-14-22-19-8-4-2-6-17(19)18-7-3-5-9-20(18)22/h2-9,16,21-22H,10-15H2,1H3,(H,27,32)(H,30,31)/t16-,21-,26?/m0/s1. The molecule has 3 aliphatic rings. The summed E-state index contributed by atoms with van der Waals surface area (Å²) in [6, 6.07) is 16.4. The van der Waals surface area contributed by atoms with Gasteiger partial charge in [0.1, 0.15) is 6.61 Å². The normalized spacial score (nSPS) is 25.3. The molecule has 5 rings (SSSR count). The molecule has 1 heterocycles. The van der Waals surface area contributed by atoms with Crippen LogP contribution in [-0.4, -0.2) is 54.2 Å². The molecule has 33 heavy (non-hydrogen) atoms. The number of carboxylic acid groups (broad SMARTS) is 1. The van der Waals surface area contributed by atoms with Crippen LogP contribution in [0.2, 0.25) is 0 Å². The van der Waals surface area contributed by atoms with Crippen molar-refractivity contribution in [2.24, 2.45) is 17.3 Å². The Hall–Kier alpha value is -3.35. The van der Waals surface area contributed by atoms with Crippen molar-refractivity contribution in [2.75, 3.05) is 26.2 Å². The molecule has 2 amide bonds. The van der Waals surface area contributed by atoms with E-state index in [1.165, 1.54) is 22.3 Å². The first kappa shape index (κ1) is 21.5. The van der Waals surface area contributed by atoms with Gasteiger partial charge in [0.05, 0.1) is 5.41 Å². The van der Waals surface area contributed by atoms with Crippen LogP contribution >= 0.6 is 0 Å². The predicted molar refractivity (Wildman–Crippen MR) is 122 cm³/mol. The van der Waals surface area contributed by atoms with E-state index < -0.39 is 17.5 Å². The zero-order valence-corrected chi connectivity index (χ0v) is 18.6. The van der Waals surface area contributed by atoms with Crippen LogP contribution in [0.25, 0.3) is 11.1 Å². The summed E-state index contributed by atoms with van der Waals surface area (Å²) in [4.78, 5) is 38.1. The van der Waals surface area contributed by atoms with Gasteiger partial charge in [-0.15, -0.1) is 0 Å². The van der Waals surface area contributed by atoms with Gasteiger partial charge in [-0.25, -0.2) is 4.79 Å². The topological polar surface area (TPSA) is 95.9 Å². The van der Waals surface area contributed by atoms with E-state index >= 15 is 0 Å². The van der Waals surface area contributed by atoms with Crippen molar-refractivity contribution in [3.63, 3.8) is 0 Å². The Morgan fingerprint density at radius 2 is 1.73 bits per heavy atom. The minimum absolute atomic E-state index is 0.000637. The van der Waals surface area contributed by atoms with Gasteiger partial charge >= 0.3 is 12.1 Å². The maximum absolute atomic E-state index is 12.7. The fraction of sp³-hybridized carbons (Fsp3) is 0.423. The van der Waals surface area contributed by atoms with Crippen LogP contribution in [0.3, 0.4) is 0 Å². The lowest BCUT2D eigenvalue weighted by molar-refractivity contribution is -0.147. The molecular formula is C26H28N2O5. The number of carboxylic acids is 1. The molecule has 2 fully saturated rings. The third-order valence-electron chi connectivity index (χ3n) is 7.39. The summed E-state index contributed by atoms with van der Waals surface area (Å²) in [7, 11) is 0. The summed E-state index contributed by atoms with van der Waals surface area (Å²) < 4.78 is 5.56. The second kappa shape index (κ2) is 8.21. The number of hydrogen-bond donors (Lipinski definition) is 2. The Kier molecular flexibility index (Phi) is 5.35. The zero-order valence-electron chi connectivity index (χ0n) is 18.6. The van der Waals surface area contributed by atoms with E-state index in [0.717, 1.165) is 0 Å². The van der Waals surface area contributed by atoms with Gasteiger partial charge in [-0.3, -0.25) is 9.59 Å². The number of carbonyl (C=O) groups excluding carboxylic acids is 2. The molecule has 2 aliphatic carbocycles. The highest BCUT2D eigenvalue weighted by atomic mass is 16.5. The van der Waals surface area contributed by atoms with E-state index in [1.807, 2.05) is 24.3 Å². The summed E-state index contributed by atoms with van der Waals surface area (Å²) in [6.45, 7) is 3.06. The number of alkyl carbamates (subject to hydrolysis) is 1. The Morgan fingerprint density at radius 1 is 1.09 bits per heavy atom. The van der Waals surface area contributed by atoms with E-state index in [-0.39, 0.29) is 36.8 Å².